The van der Waals surface area contributed by atoms with Crippen LogP contribution in [0.3, 0.4) is 0 Å². The van der Waals surface area contributed by atoms with E-state index in [0.717, 1.165) is 25.8 Å². The zero-order chi connectivity index (χ0) is 11.4. The van der Waals surface area contributed by atoms with Crippen molar-refractivity contribution >= 4 is 5.91 Å². The molecule has 1 rings (SSSR count). The zero-order valence-corrected chi connectivity index (χ0v) is 10.5. The zero-order valence-electron chi connectivity index (χ0n) is 10.5. The van der Waals surface area contributed by atoms with Gasteiger partial charge in [-0.25, -0.2) is 0 Å². The summed E-state index contributed by atoms with van der Waals surface area (Å²) >= 11 is 0. The normalized spacial score (nSPS) is 13.8. The van der Waals surface area contributed by atoms with E-state index in [-0.39, 0.29) is 5.91 Å². The maximum atomic E-state index is 11.1. The summed E-state index contributed by atoms with van der Waals surface area (Å²) in [7, 11) is 0. The molecule has 0 bridgehead atoms. The molecule has 1 aliphatic carbocycles. The predicted molar refractivity (Wildman–Crippen MR) is 63.3 cm³/mol. The van der Waals surface area contributed by atoms with Crippen molar-refractivity contribution < 1.29 is 4.79 Å². The highest BCUT2D eigenvalue weighted by molar-refractivity contribution is 5.79. The molecule has 0 spiro atoms. The molecule has 0 saturated heterocycles. The number of rotatable bonds is 3. The van der Waals surface area contributed by atoms with Crippen molar-refractivity contribution in [2.45, 2.75) is 60.3 Å². The molecule has 1 fully saturated rings. The Morgan fingerprint density at radius 1 is 1.21 bits per heavy atom. The standard InChI is InChI=1S/C8H15NO.2C2H6/c1-2-6-9-8(10)7-4-3-5-7;2*1-2/h7H,2-6H2,1H3,(H,9,10);2*1-2H3. The second-order valence-corrected chi connectivity index (χ2v) is 2.92. The molecule has 14 heavy (non-hydrogen) atoms. The van der Waals surface area contributed by atoms with Crippen LogP contribution in [0.25, 0.3) is 0 Å². The maximum absolute atomic E-state index is 11.1. The topological polar surface area (TPSA) is 29.1 Å². The van der Waals surface area contributed by atoms with Gasteiger partial charge >= 0.3 is 0 Å². The third-order valence-electron chi connectivity index (χ3n) is 2.03. The van der Waals surface area contributed by atoms with Crippen LogP contribution in [0, 0.1) is 5.92 Å². The lowest BCUT2D eigenvalue weighted by Gasteiger charge is -2.23. The molecular formula is C12H27NO. The summed E-state index contributed by atoms with van der Waals surface area (Å²) < 4.78 is 0. The van der Waals surface area contributed by atoms with E-state index >= 15 is 0 Å². The number of amides is 1. The van der Waals surface area contributed by atoms with E-state index < -0.39 is 0 Å². The van der Waals surface area contributed by atoms with Gasteiger partial charge in [-0.1, -0.05) is 41.0 Å². The molecule has 2 nitrogen and oxygen atoms in total. The number of hydrogen-bond donors (Lipinski definition) is 1. The van der Waals surface area contributed by atoms with Gasteiger partial charge in [0.25, 0.3) is 0 Å². The first kappa shape index (κ1) is 15.9. The van der Waals surface area contributed by atoms with Crippen molar-refractivity contribution in [1.82, 2.24) is 5.32 Å². The second-order valence-electron chi connectivity index (χ2n) is 2.92. The van der Waals surface area contributed by atoms with Crippen LogP contribution < -0.4 is 5.32 Å². The largest absolute Gasteiger partial charge is 0.356 e. The molecule has 1 N–H and O–H groups in total. The van der Waals surface area contributed by atoms with Crippen molar-refractivity contribution in [2.24, 2.45) is 5.92 Å². The average molecular weight is 201 g/mol. The van der Waals surface area contributed by atoms with Crippen LogP contribution >= 0.6 is 0 Å². The molecule has 0 unspecified atom stereocenters. The maximum Gasteiger partial charge on any atom is 0.223 e. The highest BCUT2D eigenvalue weighted by Crippen LogP contribution is 2.25. The first-order valence-corrected chi connectivity index (χ1v) is 6.12. The Labute approximate surface area is 89.5 Å². The SMILES string of the molecule is CC.CC.CCCNC(=O)C1CCC1. The Morgan fingerprint density at radius 3 is 2.00 bits per heavy atom. The van der Waals surface area contributed by atoms with Crippen LogP contribution in [0.15, 0.2) is 0 Å². The van der Waals surface area contributed by atoms with E-state index in [1.807, 2.05) is 27.7 Å². The predicted octanol–water partition coefficient (Wildman–Crippen LogP) is 3.37. The summed E-state index contributed by atoms with van der Waals surface area (Å²) in [6.07, 6.45) is 4.49. The van der Waals surface area contributed by atoms with E-state index in [9.17, 15) is 4.79 Å². The van der Waals surface area contributed by atoms with Gasteiger partial charge in [0.05, 0.1) is 0 Å². The van der Waals surface area contributed by atoms with Crippen molar-refractivity contribution in [1.29, 1.82) is 0 Å². The molecule has 1 amide bonds. The molecule has 86 valence electrons. The lowest BCUT2D eigenvalue weighted by molar-refractivity contribution is -0.127. The van der Waals surface area contributed by atoms with E-state index in [1.54, 1.807) is 0 Å². The number of carbonyl (C=O) groups excluding carboxylic acids is 1. The summed E-state index contributed by atoms with van der Waals surface area (Å²) in [5, 5.41) is 2.90. The van der Waals surface area contributed by atoms with Gasteiger partial charge in [-0.15, -0.1) is 0 Å². The minimum atomic E-state index is 0.271. The molecule has 1 saturated carbocycles. The minimum Gasteiger partial charge on any atom is -0.356 e. The van der Waals surface area contributed by atoms with Crippen LogP contribution in [-0.2, 0) is 4.79 Å². The van der Waals surface area contributed by atoms with Crippen LogP contribution in [-0.4, -0.2) is 12.5 Å². The Morgan fingerprint density at radius 2 is 1.71 bits per heavy atom. The van der Waals surface area contributed by atoms with Gasteiger partial charge in [-0.2, -0.15) is 0 Å². The van der Waals surface area contributed by atoms with Gasteiger partial charge in [0.1, 0.15) is 0 Å². The Bertz CT molecular complexity index is 119. The molecule has 0 aliphatic heterocycles. The second kappa shape index (κ2) is 12.5. The fraction of sp³-hybridized carbons (Fsp3) is 0.917. The highest BCUT2D eigenvalue weighted by atomic mass is 16.1. The smallest absolute Gasteiger partial charge is 0.223 e. The quantitative estimate of drug-likeness (QED) is 0.745. The van der Waals surface area contributed by atoms with Crippen LogP contribution in [0.5, 0.6) is 0 Å². The minimum absolute atomic E-state index is 0.271. The third-order valence-corrected chi connectivity index (χ3v) is 2.03. The van der Waals surface area contributed by atoms with Gasteiger partial charge in [-0.05, 0) is 19.3 Å². The van der Waals surface area contributed by atoms with Crippen molar-refractivity contribution in [3.05, 3.63) is 0 Å². The summed E-state index contributed by atoms with van der Waals surface area (Å²) in [4.78, 5) is 11.1. The molecule has 2 heteroatoms. The number of nitrogens with one attached hydrogen (secondary N) is 1. The molecule has 0 aromatic rings. The van der Waals surface area contributed by atoms with E-state index in [2.05, 4.69) is 12.2 Å². The number of carbonyl (C=O) groups is 1. The van der Waals surface area contributed by atoms with Gasteiger partial charge in [0.15, 0.2) is 0 Å². The van der Waals surface area contributed by atoms with Gasteiger partial charge < -0.3 is 5.32 Å². The van der Waals surface area contributed by atoms with Gasteiger partial charge in [0.2, 0.25) is 5.91 Å². The van der Waals surface area contributed by atoms with Crippen LogP contribution in [0.2, 0.25) is 0 Å². The van der Waals surface area contributed by atoms with Crippen LogP contribution in [0.1, 0.15) is 60.3 Å². The van der Waals surface area contributed by atoms with Crippen molar-refractivity contribution in [3.63, 3.8) is 0 Å². The monoisotopic (exact) mass is 201 g/mol. The van der Waals surface area contributed by atoms with Crippen molar-refractivity contribution in [2.75, 3.05) is 6.54 Å². The lowest BCUT2D eigenvalue weighted by atomic mass is 9.85. The van der Waals surface area contributed by atoms with Crippen LogP contribution in [0.4, 0.5) is 0 Å². The molecular weight excluding hydrogens is 174 g/mol. The van der Waals surface area contributed by atoms with E-state index in [1.165, 1.54) is 6.42 Å². The van der Waals surface area contributed by atoms with Gasteiger partial charge in [-0.3, -0.25) is 4.79 Å². The first-order valence-electron chi connectivity index (χ1n) is 6.12. The summed E-state index contributed by atoms with van der Waals surface area (Å²) in [5.74, 6) is 0.625. The fourth-order valence-electron chi connectivity index (χ4n) is 1.06. The summed E-state index contributed by atoms with van der Waals surface area (Å²) in [6.45, 7) is 10.9. The molecule has 0 radical (unpaired) electrons. The highest BCUT2D eigenvalue weighted by Gasteiger charge is 2.24. The Balaban J connectivity index is 0. The Kier molecular flexibility index (Phi) is 14.2. The van der Waals surface area contributed by atoms with E-state index in [4.69, 9.17) is 0 Å². The lowest BCUT2D eigenvalue weighted by Crippen LogP contribution is -2.34. The van der Waals surface area contributed by atoms with E-state index in [0.29, 0.717) is 5.92 Å². The first-order chi connectivity index (χ1) is 6.84. The molecule has 1 aliphatic rings. The molecule has 0 atom stereocenters. The summed E-state index contributed by atoms with van der Waals surface area (Å²) in [5.41, 5.74) is 0. The third kappa shape index (κ3) is 6.93. The Hall–Kier alpha value is -0.530. The molecule has 0 aromatic carbocycles. The summed E-state index contributed by atoms with van der Waals surface area (Å²) in [6, 6.07) is 0. The number of hydrogen-bond acceptors (Lipinski definition) is 1. The fourth-order valence-corrected chi connectivity index (χ4v) is 1.06. The van der Waals surface area contributed by atoms with Gasteiger partial charge in [0, 0.05) is 12.5 Å². The molecule has 0 aromatic heterocycles. The average Bonchev–Trinajstić information content (AvgIpc) is 2.18. The van der Waals surface area contributed by atoms with Crippen molar-refractivity contribution in [3.8, 4) is 0 Å². The molecule has 0 heterocycles.